The number of nitro benzene ring substituents is 1. The second-order valence-electron chi connectivity index (χ2n) is 7.44. The summed E-state index contributed by atoms with van der Waals surface area (Å²) in [5.74, 6) is 4.02. The Labute approximate surface area is 145 Å². The fraction of sp³-hybridized carbons (Fsp3) is 0.350. The van der Waals surface area contributed by atoms with Gasteiger partial charge in [-0.15, -0.1) is 0 Å². The molecule has 5 heteroatoms. The lowest BCUT2D eigenvalue weighted by atomic mass is 9.89. The van der Waals surface area contributed by atoms with Crippen molar-refractivity contribution in [3.63, 3.8) is 0 Å². The van der Waals surface area contributed by atoms with Gasteiger partial charge in [-0.1, -0.05) is 30.3 Å². The third-order valence-electron chi connectivity index (χ3n) is 6.24. The summed E-state index contributed by atoms with van der Waals surface area (Å²) < 4.78 is 0. The number of anilines is 1. The molecule has 0 saturated heterocycles. The van der Waals surface area contributed by atoms with E-state index < -0.39 is 0 Å². The predicted octanol–water partition coefficient (Wildman–Crippen LogP) is 4.31. The van der Waals surface area contributed by atoms with Crippen molar-refractivity contribution in [2.45, 2.75) is 12.8 Å². The summed E-state index contributed by atoms with van der Waals surface area (Å²) in [7, 11) is 0. The maximum Gasteiger partial charge on any atom is 0.269 e. The first kappa shape index (κ1) is 14.6. The van der Waals surface area contributed by atoms with Crippen LogP contribution in [0.25, 0.3) is 0 Å². The van der Waals surface area contributed by atoms with Crippen LogP contribution in [0.4, 0.5) is 11.4 Å². The molecule has 126 valence electrons. The molecular formula is C20H19N3O2. The lowest BCUT2D eigenvalue weighted by Gasteiger charge is -2.18. The minimum atomic E-state index is -0.387. The summed E-state index contributed by atoms with van der Waals surface area (Å²) in [5, 5.41) is 15.5. The summed E-state index contributed by atoms with van der Waals surface area (Å²) in [5.41, 5.74) is 6.33. The Kier molecular flexibility index (Phi) is 3.17. The van der Waals surface area contributed by atoms with Crippen molar-refractivity contribution in [3.8, 4) is 0 Å². The molecule has 2 aromatic carbocycles. The molecule has 4 bridgehead atoms. The van der Waals surface area contributed by atoms with Crippen molar-refractivity contribution in [3.05, 3.63) is 70.3 Å². The average Bonchev–Trinajstić information content (AvgIpc) is 3.01. The number of nitrogens with one attached hydrogen (secondary N) is 1. The van der Waals surface area contributed by atoms with Crippen LogP contribution in [0, 0.1) is 39.7 Å². The molecule has 0 aromatic heterocycles. The molecule has 0 aliphatic heterocycles. The molecule has 1 N–H and O–H groups in total. The van der Waals surface area contributed by atoms with Crippen molar-refractivity contribution in [2.75, 3.05) is 5.43 Å². The monoisotopic (exact) mass is 333 g/mol. The predicted molar refractivity (Wildman–Crippen MR) is 96.4 cm³/mol. The fourth-order valence-electron chi connectivity index (χ4n) is 5.20. The molecule has 0 amide bonds. The molecule has 0 heterocycles. The van der Waals surface area contributed by atoms with Crippen molar-refractivity contribution < 1.29 is 4.92 Å². The highest BCUT2D eigenvalue weighted by Gasteiger charge is 2.69. The first-order valence-corrected chi connectivity index (χ1v) is 8.86. The average molecular weight is 333 g/mol. The fourth-order valence-corrected chi connectivity index (χ4v) is 5.20. The molecule has 4 aliphatic carbocycles. The highest BCUT2D eigenvalue weighted by atomic mass is 16.6. The zero-order valence-corrected chi connectivity index (χ0v) is 13.7. The van der Waals surface area contributed by atoms with Gasteiger partial charge in [-0.05, 0) is 54.2 Å². The Bertz CT molecular complexity index is 833. The van der Waals surface area contributed by atoms with E-state index in [0.29, 0.717) is 5.92 Å². The Hall–Kier alpha value is -2.69. The lowest BCUT2D eigenvalue weighted by Crippen LogP contribution is -2.21. The van der Waals surface area contributed by atoms with E-state index in [2.05, 4.69) is 29.7 Å². The number of benzene rings is 2. The third kappa shape index (κ3) is 2.34. The van der Waals surface area contributed by atoms with E-state index in [-0.39, 0.29) is 10.6 Å². The van der Waals surface area contributed by atoms with E-state index >= 15 is 0 Å². The zero-order chi connectivity index (χ0) is 17.0. The van der Waals surface area contributed by atoms with Gasteiger partial charge in [-0.25, -0.2) is 0 Å². The molecule has 5 nitrogen and oxygen atoms in total. The molecule has 6 rings (SSSR count). The Morgan fingerprint density at radius 2 is 1.72 bits per heavy atom. The van der Waals surface area contributed by atoms with E-state index in [1.54, 1.807) is 12.1 Å². The van der Waals surface area contributed by atoms with Gasteiger partial charge in [0.25, 0.3) is 5.69 Å². The van der Waals surface area contributed by atoms with Crippen molar-refractivity contribution in [1.82, 2.24) is 0 Å². The van der Waals surface area contributed by atoms with Gasteiger partial charge >= 0.3 is 0 Å². The molecule has 4 fully saturated rings. The topological polar surface area (TPSA) is 67.5 Å². The minimum absolute atomic E-state index is 0.0928. The lowest BCUT2D eigenvalue weighted by molar-refractivity contribution is -0.384. The number of hydrazone groups is 1. The van der Waals surface area contributed by atoms with Crippen molar-refractivity contribution in [1.29, 1.82) is 0 Å². The van der Waals surface area contributed by atoms with Gasteiger partial charge in [0.05, 0.1) is 16.3 Å². The second-order valence-corrected chi connectivity index (χ2v) is 7.44. The highest BCUT2D eigenvalue weighted by molar-refractivity contribution is 6.03. The number of rotatable bonds is 5. The molecule has 25 heavy (non-hydrogen) atoms. The summed E-state index contributed by atoms with van der Waals surface area (Å²) in [6, 6.07) is 16.8. The van der Waals surface area contributed by atoms with Crippen LogP contribution >= 0.6 is 0 Å². The van der Waals surface area contributed by atoms with Crippen LogP contribution in [0.2, 0.25) is 0 Å². The van der Waals surface area contributed by atoms with Gasteiger partial charge in [0.2, 0.25) is 0 Å². The van der Waals surface area contributed by atoms with Crippen molar-refractivity contribution >= 4 is 17.1 Å². The number of hydrogen-bond donors (Lipinski definition) is 1. The van der Waals surface area contributed by atoms with Crippen LogP contribution in [0.3, 0.4) is 0 Å². The van der Waals surface area contributed by atoms with Gasteiger partial charge in [-0.3, -0.25) is 15.5 Å². The van der Waals surface area contributed by atoms with Crippen LogP contribution in [-0.4, -0.2) is 10.6 Å². The zero-order valence-electron chi connectivity index (χ0n) is 13.7. The van der Waals surface area contributed by atoms with Crippen molar-refractivity contribution in [2.24, 2.45) is 34.7 Å². The van der Waals surface area contributed by atoms with Gasteiger partial charge in [0, 0.05) is 18.1 Å². The molecular weight excluding hydrogens is 314 g/mol. The maximum absolute atomic E-state index is 10.8. The SMILES string of the molecule is O=[N+]([O-])c1ccc(N/N=C(\c2ccccc2)[C@@H]2C3C[C@@H]4C2[C@@H]4C3)cc1. The summed E-state index contributed by atoms with van der Waals surface area (Å²) in [6.45, 7) is 0. The Morgan fingerprint density at radius 3 is 2.28 bits per heavy atom. The molecule has 2 unspecified atom stereocenters. The number of hydrogen-bond acceptors (Lipinski definition) is 4. The van der Waals surface area contributed by atoms with E-state index in [4.69, 9.17) is 5.10 Å². The molecule has 2 aromatic rings. The normalized spacial score (nSPS) is 31.8. The molecule has 0 spiro atoms. The van der Waals surface area contributed by atoms with Gasteiger partial charge < -0.3 is 0 Å². The molecule has 4 saturated carbocycles. The Morgan fingerprint density at radius 1 is 1.04 bits per heavy atom. The number of nitro groups is 1. The van der Waals surface area contributed by atoms with Gasteiger partial charge in [-0.2, -0.15) is 5.10 Å². The van der Waals surface area contributed by atoms with Crippen LogP contribution in [-0.2, 0) is 0 Å². The van der Waals surface area contributed by atoms with E-state index in [0.717, 1.165) is 35.1 Å². The smallest absolute Gasteiger partial charge is 0.269 e. The quantitative estimate of drug-likeness (QED) is 0.503. The summed E-state index contributed by atoms with van der Waals surface area (Å²) >= 11 is 0. The third-order valence-corrected chi connectivity index (χ3v) is 6.24. The molecule has 0 radical (unpaired) electrons. The summed E-state index contributed by atoms with van der Waals surface area (Å²) in [4.78, 5) is 10.4. The summed E-state index contributed by atoms with van der Waals surface area (Å²) in [6.07, 6.45) is 2.73. The van der Waals surface area contributed by atoms with E-state index in [1.807, 2.05) is 6.07 Å². The minimum Gasteiger partial charge on any atom is -0.278 e. The van der Waals surface area contributed by atoms with Crippen LogP contribution in [0.1, 0.15) is 18.4 Å². The van der Waals surface area contributed by atoms with Gasteiger partial charge in [0.1, 0.15) is 0 Å². The van der Waals surface area contributed by atoms with Crippen LogP contribution in [0.5, 0.6) is 0 Å². The first-order chi connectivity index (χ1) is 12.2. The largest absolute Gasteiger partial charge is 0.278 e. The van der Waals surface area contributed by atoms with Gasteiger partial charge in [0.15, 0.2) is 0 Å². The Balaban J connectivity index is 1.44. The molecule has 4 aliphatic rings. The second kappa shape index (κ2) is 5.41. The van der Waals surface area contributed by atoms with Crippen LogP contribution < -0.4 is 5.43 Å². The van der Waals surface area contributed by atoms with Crippen LogP contribution in [0.15, 0.2) is 59.7 Å². The first-order valence-electron chi connectivity index (χ1n) is 8.86. The number of non-ortho nitro benzene ring substituents is 1. The number of nitrogens with zero attached hydrogens (tertiary/aromatic N) is 2. The van der Waals surface area contributed by atoms with E-state index in [1.165, 1.54) is 30.5 Å². The van der Waals surface area contributed by atoms with E-state index in [9.17, 15) is 10.1 Å². The standard InChI is InChI=1S/C20H19N3O2/c24-23(25)15-8-6-14(7-9-15)21-22-20(12-4-2-1-3-5-12)18-13-10-16-17(11-13)19(16)18/h1-9,13,16-19,21H,10-11H2/b22-20+/t13?,16-,17+,18-,19?/m1/s1. The highest BCUT2D eigenvalue weighted by Crippen LogP contribution is 2.73. The molecule has 5 atom stereocenters. The maximum atomic E-state index is 10.8.